The maximum absolute atomic E-state index is 13.3. The number of hydrogen-bond donors (Lipinski definition) is 0. The van der Waals surface area contributed by atoms with Gasteiger partial charge in [-0.3, -0.25) is 9.69 Å². The number of rotatable bonds is 5. The lowest BCUT2D eigenvalue weighted by Gasteiger charge is -2.31. The van der Waals surface area contributed by atoms with Gasteiger partial charge in [-0.25, -0.2) is 9.69 Å². The number of nitrogens with zero attached hydrogens (tertiary/aromatic N) is 2. The van der Waals surface area contributed by atoms with Gasteiger partial charge in [0.05, 0.1) is 5.69 Å². The van der Waals surface area contributed by atoms with Crippen molar-refractivity contribution in [3.8, 4) is 0 Å². The number of carbonyl (C=O) groups excluding carboxylic acids is 2. The molecule has 1 saturated heterocycles. The zero-order valence-electron chi connectivity index (χ0n) is 14.7. The van der Waals surface area contributed by atoms with Gasteiger partial charge < -0.3 is 4.74 Å². The van der Waals surface area contributed by atoms with Crippen molar-refractivity contribution in [1.29, 1.82) is 0 Å². The number of carbonyl (C=O) groups is 2. The topological polar surface area (TPSA) is 49.9 Å². The third-order valence-corrected chi connectivity index (χ3v) is 5.47. The predicted molar refractivity (Wildman–Crippen MR) is 109 cm³/mol. The maximum Gasteiger partial charge on any atom is 0.334 e. The molecule has 1 aliphatic heterocycles. The van der Waals surface area contributed by atoms with Gasteiger partial charge in [0.15, 0.2) is 0 Å². The monoisotopic (exact) mass is 470 g/mol. The minimum atomic E-state index is -1.10. The van der Waals surface area contributed by atoms with Crippen LogP contribution in [0.5, 0.6) is 0 Å². The molecular weight excluding hydrogens is 455 g/mol. The molecule has 1 aliphatic rings. The lowest BCUT2D eigenvalue weighted by molar-refractivity contribution is -0.125. The summed E-state index contributed by atoms with van der Waals surface area (Å²) in [5.41, 5.74) is 0.160. The summed E-state index contributed by atoms with van der Waals surface area (Å²) in [6, 6.07) is 11.8. The third-order valence-electron chi connectivity index (χ3n) is 4.51. The first kappa shape index (κ1) is 20.1. The summed E-state index contributed by atoms with van der Waals surface area (Å²) < 4.78 is 6.13. The van der Waals surface area contributed by atoms with E-state index in [-0.39, 0.29) is 12.6 Å². The van der Waals surface area contributed by atoms with Gasteiger partial charge in [-0.05, 0) is 42.8 Å². The molecule has 2 aromatic carbocycles. The summed E-state index contributed by atoms with van der Waals surface area (Å²) in [6.45, 7) is 1.73. The lowest BCUT2D eigenvalue weighted by Crippen LogP contribution is -2.49. The van der Waals surface area contributed by atoms with Crippen LogP contribution in [0.4, 0.5) is 10.5 Å². The second-order valence-corrected chi connectivity index (χ2v) is 8.26. The summed E-state index contributed by atoms with van der Waals surface area (Å²) in [7, 11) is 1.48. The van der Waals surface area contributed by atoms with Gasteiger partial charge in [0.25, 0.3) is 5.91 Å². The molecule has 3 rings (SSSR count). The first-order valence-corrected chi connectivity index (χ1v) is 9.67. The van der Waals surface area contributed by atoms with Crippen LogP contribution in [0.25, 0.3) is 0 Å². The van der Waals surface area contributed by atoms with Crippen LogP contribution in [0.2, 0.25) is 10.0 Å². The predicted octanol–water partition coefficient (Wildman–Crippen LogP) is 5.13. The Morgan fingerprint density at radius 3 is 2.22 bits per heavy atom. The van der Waals surface area contributed by atoms with E-state index >= 15 is 0 Å². The minimum Gasteiger partial charge on any atom is -0.364 e. The Morgan fingerprint density at radius 2 is 1.67 bits per heavy atom. The molecule has 0 bridgehead atoms. The second-order valence-electron chi connectivity index (χ2n) is 6.47. The zero-order valence-corrected chi connectivity index (χ0v) is 17.8. The highest BCUT2D eigenvalue weighted by Gasteiger charge is 2.54. The number of ether oxygens (including phenoxy) is 1. The number of methoxy groups -OCH3 is 1. The number of urea groups is 1. The molecule has 142 valence electrons. The normalized spacial score (nSPS) is 19.9. The van der Waals surface area contributed by atoms with Crippen LogP contribution in [0.3, 0.4) is 0 Å². The van der Waals surface area contributed by atoms with E-state index in [9.17, 15) is 9.59 Å². The molecule has 0 radical (unpaired) electrons. The van der Waals surface area contributed by atoms with Crippen LogP contribution < -0.4 is 4.90 Å². The van der Waals surface area contributed by atoms with Gasteiger partial charge in [-0.2, -0.15) is 0 Å². The third kappa shape index (κ3) is 3.85. The van der Waals surface area contributed by atoms with E-state index in [1.807, 2.05) is 24.3 Å². The summed E-state index contributed by atoms with van der Waals surface area (Å²) in [5, 5.41) is 0.691. The van der Waals surface area contributed by atoms with E-state index in [0.717, 1.165) is 14.9 Å². The highest BCUT2D eigenvalue weighted by Crippen LogP contribution is 2.36. The van der Waals surface area contributed by atoms with Gasteiger partial charge >= 0.3 is 6.03 Å². The molecule has 3 amide bonds. The molecule has 1 atom stereocenters. The van der Waals surface area contributed by atoms with E-state index in [4.69, 9.17) is 27.9 Å². The number of hydrogen-bond acceptors (Lipinski definition) is 3. The fourth-order valence-corrected chi connectivity index (χ4v) is 3.95. The Bertz CT molecular complexity index is 871. The molecular formula is C19H17BrCl2N2O3. The molecule has 5 nitrogen and oxygen atoms in total. The highest BCUT2D eigenvalue weighted by molar-refractivity contribution is 9.10. The number of halogens is 3. The van der Waals surface area contributed by atoms with Crippen LogP contribution >= 0.6 is 39.1 Å². The Morgan fingerprint density at radius 1 is 1.07 bits per heavy atom. The average molecular weight is 472 g/mol. The molecule has 0 N–H and O–H groups in total. The molecule has 2 aromatic rings. The van der Waals surface area contributed by atoms with E-state index in [2.05, 4.69) is 15.9 Å². The molecule has 1 fully saturated rings. The number of imide groups is 1. The van der Waals surface area contributed by atoms with Crippen molar-refractivity contribution in [3.63, 3.8) is 0 Å². The highest BCUT2D eigenvalue weighted by atomic mass is 79.9. The van der Waals surface area contributed by atoms with Gasteiger partial charge in [-0.15, -0.1) is 0 Å². The quantitative estimate of drug-likeness (QED) is 0.568. The van der Waals surface area contributed by atoms with Crippen molar-refractivity contribution in [2.24, 2.45) is 0 Å². The summed E-state index contributed by atoms with van der Waals surface area (Å²) in [4.78, 5) is 28.9. The zero-order chi connectivity index (χ0) is 19.8. The standard InChI is InChI=1S/C19H17BrCl2N2O3/c1-19(10-12-3-5-13(20)6-4-12)17(25)24(18(26)23(19)11-27-2)16-8-14(21)7-15(22)9-16/h3-9H,10-11H2,1-2H3/t19-/m1/s1. The van der Waals surface area contributed by atoms with Crippen molar-refractivity contribution in [2.45, 2.75) is 18.9 Å². The van der Waals surface area contributed by atoms with Crippen LogP contribution in [-0.2, 0) is 16.0 Å². The lowest BCUT2D eigenvalue weighted by atomic mass is 9.91. The van der Waals surface area contributed by atoms with Gasteiger partial charge in [0, 0.05) is 28.0 Å². The molecule has 0 spiro atoms. The van der Waals surface area contributed by atoms with E-state index < -0.39 is 11.6 Å². The Hall–Kier alpha value is -1.60. The van der Waals surface area contributed by atoms with Gasteiger partial charge in [0.1, 0.15) is 12.3 Å². The van der Waals surface area contributed by atoms with Crippen molar-refractivity contribution >= 4 is 56.8 Å². The molecule has 0 saturated carbocycles. The maximum atomic E-state index is 13.3. The van der Waals surface area contributed by atoms with Crippen molar-refractivity contribution < 1.29 is 14.3 Å². The number of anilines is 1. The molecule has 27 heavy (non-hydrogen) atoms. The van der Waals surface area contributed by atoms with E-state index in [1.54, 1.807) is 25.1 Å². The molecule has 0 aromatic heterocycles. The number of benzene rings is 2. The largest absolute Gasteiger partial charge is 0.364 e. The molecule has 0 unspecified atom stereocenters. The van der Waals surface area contributed by atoms with Crippen LogP contribution in [0.15, 0.2) is 46.9 Å². The van der Waals surface area contributed by atoms with Crippen LogP contribution in [0, 0.1) is 0 Å². The molecule has 8 heteroatoms. The van der Waals surface area contributed by atoms with E-state index in [0.29, 0.717) is 22.2 Å². The Kier molecular flexibility index (Phi) is 5.82. The van der Waals surface area contributed by atoms with Gasteiger partial charge in [-0.1, -0.05) is 51.3 Å². The summed E-state index contributed by atoms with van der Waals surface area (Å²) in [6.07, 6.45) is 0.346. The average Bonchev–Trinajstić information content (AvgIpc) is 2.77. The van der Waals surface area contributed by atoms with Crippen LogP contribution in [-0.4, -0.2) is 36.2 Å². The summed E-state index contributed by atoms with van der Waals surface area (Å²) in [5.74, 6) is -0.356. The van der Waals surface area contributed by atoms with E-state index in [1.165, 1.54) is 12.0 Å². The Labute approximate surface area is 175 Å². The van der Waals surface area contributed by atoms with Crippen molar-refractivity contribution in [1.82, 2.24) is 4.90 Å². The SMILES string of the molecule is COCN1C(=O)N(c2cc(Cl)cc(Cl)c2)C(=O)[C@@]1(C)Cc1ccc(Br)cc1. The summed E-state index contributed by atoms with van der Waals surface area (Å²) >= 11 is 15.5. The molecule has 0 aliphatic carbocycles. The van der Waals surface area contributed by atoms with Gasteiger partial charge in [0.2, 0.25) is 0 Å². The molecule has 1 heterocycles. The smallest absolute Gasteiger partial charge is 0.334 e. The minimum absolute atomic E-state index is 0.0115. The second kappa shape index (κ2) is 7.80. The first-order chi connectivity index (χ1) is 12.8. The van der Waals surface area contributed by atoms with Crippen molar-refractivity contribution in [3.05, 3.63) is 62.5 Å². The van der Waals surface area contributed by atoms with Crippen molar-refractivity contribution in [2.75, 3.05) is 18.7 Å². The first-order valence-electron chi connectivity index (χ1n) is 8.12. The number of amides is 3. The van der Waals surface area contributed by atoms with Crippen LogP contribution in [0.1, 0.15) is 12.5 Å². The fourth-order valence-electron chi connectivity index (χ4n) is 3.17. The Balaban J connectivity index is 2.02. The fraction of sp³-hybridized carbons (Fsp3) is 0.263.